The first-order valence-electron chi connectivity index (χ1n) is 5.89. The van der Waals surface area contributed by atoms with Gasteiger partial charge < -0.3 is 20.3 Å². The zero-order chi connectivity index (χ0) is 16.4. The Labute approximate surface area is 121 Å². The summed E-state index contributed by atoms with van der Waals surface area (Å²) < 4.78 is 2.13. The highest BCUT2D eigenvalue weighted by molar-refractivity contribution is 5.98. The van der Waals surface area contributed by atoms with Gasteiger partial charge in [0.2, 0.25) is 5.69 Å². The first-order valence-corrected chi connectivity index (χ1v) is 5.89. The Morgan fingerprint density at radius 1 is 1.32 bits per heavy atom. The number of hydrogen-bond donors (Lipinski definition) is 2. The van der Waals surface area contributed by atoms with E-state index in [2.05, 4.69) is 15.3 Å². The summed E-state index contributed by atoms with van der Waals surface area (Å²) in [5, 5.41) is 35.5. The Kier molecular flexibility index (Phi) is 3.83. The van der Waals surface area contributed by atoms with Crippen molar-refractivity contribution < 1.29 is 24.7 Å². The Morgan fingerprint density at radius 3 is 2.55 bits per heavy atom. The number of nitro groups is 1. The van der Waals surface area contributed by atoms with E-state index < -0.39 is 28.2 Å². The summed E-state index contributed by atoms with van der Waals surface area (Å²) >= 11 is 0. The highest BCUT2D eigenvalue weighted by atomic mass is 16.6. The Hall–Kier alpha value is -3.31. The van der Waals surface area contributed by atoms with Crippen LogP contribution in [0.4, 0.5) is 5.82 Å². The molecule has 0 unspecified atom stereocenters. The van der Waals surface area contributed by atoms with E-state index in [0.29, 0.717) is 5.82 Å². The van der Waals surface area contributed by atoms with E-state index in [0.717, 1.165) is 10.9 Å². The molecule has 0 saturated heterocycles. The van der Waals surface area contributed by atoms with Crippen LogP contribution in [0.15, 0.2) is 6.20 Å². The van der Waals surface area contributed by atoms with E-state index in [1.54, 1.807) is 6.92 Å². The SMILES string of the molecule is Cc1ncc([N+](=O)[O-])n1CCn1nnc(C(=O)O)c1C(=O)O. The maximum atomic E-state index is 11.1. The van der Waals surface area contributed by atoms with Crippen LogP contribution in [0.2, 0.25) is 0 Å². The Balaban J connectivity index is 2.30. The summed E-state index contributed by atoms with van der Waals surface area (Å²) in [5.74, 6) is -2.91. The van der Waals surface area contributed by atoms with Crippen molar-refractivity contribution in [1.82, 2.24) is 24.5 Å². The first-order chi connectivity index (χ1) is 10.3. The Morgan fingerprint density at radius 2 is 2.00 bits per heavy atom. The largest absolute Gasteiger partial charge is 0.476 e. The minimum absolute atomic E-state index is 0.00908. The lowest BCUT2D eigenvalue weighted by molar-refractivity contribution is -0.392. The van der Waals surface area contributed by atoms with E-state index in [1.807, 2.05) is 0 Å². The van der Waals surface area contributed by atoms with Gasteiger partial charge in [-0.1, -0.05) is 5.21 Å². The molecule has 2 rings (SSSR count). The summed E-state index contributed by atoms with van der Waals surface area (Å²) in [7, 11) is 0. The fourth-order valence-corrected chi connectivity index (χ4v) is 1.90. The number of carboxylic acids is 2. The lowest BCUT2D eigenvalue weighted by Gasteiger charge is -2.04. The average molecular weight is 310 g/mol. The molecule has 2 heterocycles. The van der Waals surface area contributed by atoms with Crippen LogP contribution >= 0.6 is 0 Å². The molecule has 116 valence electrons. The molecule has 0 fully saturated rings. The van der Waals surface area contributed by atoms with Gasteiger partial charge in [-0.05, 0) is 4.92 Å². The normalized spacial score (nSPS) is 10.6. The van der Waals surface area contributed by atoms with E-state index in [1.165, 1.54) is 4.57 Å². The topological polar surface area (TPSA) is 166 Å². The van der Waals surface area contributed by atoms with Crippen LogP contribution in [-0.4, -0.2) is 51.6 Å². The number of carboxylic acid groups (broad SMARTS) is 2. The molecular weight excluding hydrogens is 300 g/mol. The molecule has 12 heteroatoms. The van der Waals surface area contributed by atoms with Crippen molar-refractivity contribution in [3.05, 3.63) is 33.5 Å². The zero-order valence-electron chi connectivity index (χ0n) is 11.2. The summed E-state index contributed by atoms with van der Waals surface area (Å²) in [6.45, 7) is 1.43. The molecule has 2 aromatic heterocycles. The predicted molar refractivity (Wildman–Crippen MR) is 67.6 cm³/mol. The monoisotopic (exact) mass is 310 g/mol. The predicted octanol–water partition coefficient (Wildman–Crippen LogP) is -0.212. The van der Waals surface area contributed by atoms with E-state index in [9.17, 15) is 19.7 Å². The van der Waals surface area contributed by atoms with Crippen LogP contribution in [0, 0.1) is 17.0 Å². The third-order valence-corrected chi connectivity index (χ3v) is 2.90. The van der Waals surface area contributed by atoms with Gasteiger partial charge in [-0.3, -0.25) is 0 Å². The molecule has 22 heavy (non-hydrogen) atoms. The number of hydrogen-bond acceptors (Lipinski definition) is 7. The molecule has 0 radical (unpaired) electrons. The summed E-state index contributed by atoms with van der Waals surface area (Å²) in [5.41, 5.74) is -1.28. The van der Waals surface area contributed by atoms with Crippen molar-refractivity contribution in [2.45, 2.75) is 20.0 Å². The van der Waals surface area contributed by atoms with Crippen molar-refractivity contribution in [3.8, 4) is 0 Å². The highest BCUT2D eigenvalue weighted by Crippen LogP contribution is 2.14. The van der Waals surface area contributed by atoms with Crippen molar-refractivity contribution in [1.29, 1.82) is 0 Å². The van der Waals surface area contributed by atoms with Gasteiger partial charge in [0.25, 0.3) is 0 Å². The third-order valence-electron chi connectivity index (χ3n) is 2.90. The van der Waals surface area contributed by atoms with Gasteiger partial charge in [0.1, 0.15) is 12.7 Å². The fraction of sp³-hybridized carbons (Fsp3) is 0.300. The van der Waals surface area contributed by atoms with E-state index >= 15 is 0 Å². The first kappa shape index (κ1) is 15.1. The number of aromatic carboxylic acids is 2. The van der Waals surface area contributed by atoms with Gasteiger partial charge in [0.15, 0.2) is 11.5 Å². The van der Waals surface area contributed by atoms with E-state index in [4.69, 9.17) is 10.2 Å². The van der Waals surface area contributed by atoms with Crippen LogP contribution in [0.1, 0.15) is 26.8 Å². The van der Waals surface area contributed by atoms with Crippen LogP contribution in [0.25, 0.3) is 0 Å². The van der Waals surface area contributed by atoms with E-state index in [-0.39, 0.29) is 18.9 Å². The van der Waals surface area contributed by atoms with Crippen LogP contribution in [0.3, 0.4) is 0 Å². The second-order valence-electron chi connectivity index (χ2n) is 4.19. The number of carbonyl (C=O) groups is 2. The molecule has 2 N–H and O–H groups in total. The van der Waals surface area contributed by atoms with Gasteiger partial charge in [-0.15, -0.1) is 5.10 Å². The molecule has 0 spiro atoms. The van der Waals surface area contributed by atoms with Crippen LogP contribution in [-0.2, 0) is 13.1 Å². The smallest absolute Gasteiger partial charge is 0.359 e. The Bertz CT molecular complexity index is 762. The van der Waals surface area contributed by atoms with Crippen molar-refractivity contribution >= 4 is 17.8 Å². The highest BCUT2D eigenvalue weighted by Gasteiger charge is 2.25. The average Bonchev–Trinajstić information content (AvgIpc) is 2.99. The standard InChI is InChI=1S/C10H10N6O6/c1-5-11-4-6(16(21)22)14(5)2-3-15-8(10(19)20)7(9(17)18)12-13-15/h4H,2-3H2,1H3,(H,17,18)(H,19,20). The molecule has 2 aromatic rings. The van der Waals surface area contributed by atoms with Gasteiger partial charge in [0, 0.05) is 6.92 Å². The summed E-state index contributed by atoms with van der Waals surface area (Å²) in [6, 6.07) is 0. The minimum atomic E-state index is -1.52. The molecule has 0 atom stereocenters. The lowest BCUT2D eigenvalue weighted by atomic mass is 10.3. The number of nitrogens with zero attached hydrogens (tertiary/aromatic N) is 6. The van der Waals surface area contributed by atoms with Gasteiger partial charge in [0.05, 0.1) is 6.54 Å². The molecule has 0 aromatic carbocycles. The molecule has 0 aliphatic rings. The van der Waals surface area contributed by atoms with Crippen molar-refractivity contribution in [2.24, 2.45) is 0 Å². The van der Waals surface area contributed by atoms with Crippen molar-refractivity contribution in [2.75, 3.05) is 0 Å². The molecule has 0 aliphatic heterocycles. The van der Waals surface area contributed by atoms with Gasteiger partial charge in [-0.2, -0.15) is 0 Å². The lowest BCUT2D eigenvalue weighted by Crippen LogP contribution is -2.17. The molecule has 0 amide bonds. The van der Waals surface area contributed by atoms with Gasteiger partial charge >= 0.3 is 17.8 Å². The maximum Gasteiger partial charge on any atom is 0.359 e. The molecule has 0 bridgehead atoms. The van der Waals surface area contributed by atoms with Crippen LogP contribution < -0.4 is 0 Å². The summed E-state index contributed by atoms with van der Waals surface area (Å²) in [6.07, 6.45) is 1.08. The number of aryl methyl sites for hydroxylation is 2. The second kappa shape index (κ2) is 5.59. The number of aromatic nitrogens is 5. The zero-order valence-corrected chi connectivity index (χ0v) is 11.2. The fourth-order valence-electron chi connectivity index (χ4n) is 1.90. The second-order valence-corrected chi connectivity index (χ2v) is 4.19. The molecule has 12 nitrogen and oxygen atoms in total. The molecule has 0 aliphatic carbocycles. The number of rotatable bonds is 6. The minimum Gasteiger partial charge on any atom is -0.476 e. The maximum absolute atomic E-state index is 11.1. The van der Waals surface area contributed by atoms with Gasteiger partial charge in [-0.25, -0.2) is 23.8 Å². The van der Waals surface area contributed by atoms with Crippen molar-refractivity contribution in [3.63, 3.8) is 0 Å². The molecular formula is C10H10N6O6. The van der Waals surface area contributed by atoms with Crippen LogP contribution in [0.5, 0.6) is 0 Å². The number of imidazole rings is 1. The molecule has 0 saturated carbocycles. The quantitative estimate of drug-likeness (QED) is 0.541. The summed E-state index contributed by atoms with van der Waals surface area (Å²) in [4.78, 5) is 36.0. The third kappa shape index (κ3) is 2.61.